The molecule has 2 N–H and O–H groups in total. The van der Waals surface area contributed by atoms with Gasteiger partial charge in [-0.3, -0.25) is 4.90 Å². The van der Waals surface area contributed by atoms with Crippen LogP contribution >= 0.6 is 35.3 Å². The van der Waals surface area contributed by atoms with Crippen LogP contribution in [0, 0.1) is 5.92 Å². The second-order valence-electron chi connectivity index (χ2n) is 4.40. The van der Waals surface area contributed by atoms with Crippen LogP contribution < -0.4 is 5.73 Å². The lowest BCUT2D eigenvalue weighted by Gasteiger charge is -2.34. The molecule has 0 aromatic carbocycles. The average Bonchev–Trinajstić information content (AvgIpc) is 2.58. The first-order chi connectivity index (χ1) is 7.15. The molecule has 2 nitrogen and oxygen atoms in total. The van der Waals surface area contributed by atoms with Gasteiger partial charge in [0.05, 0.1) is 5.02 Å². The lowest BCUT2D eigenvalue weighted by molar-refractivity contribution is 0.159. The summed E-state index contributed by atoms with van der Waals surface area (Å²) in [6.07, 6.45) is 1.11. The minimum atomic E-state index is 0. The summed E-state index contributed by atoms with van der Waals surface area (Å²) in [6, 6.07) is 2.44. The first-order valence-electron chi connectivity index (χ1n) is 5.36. The molecule has 0 spiro atoms. The Hall–Kier alpha value is 0.200. The predicted molar refractivity (Wildman–Crippen MR) is 73.6 cm³/mol. The fraction of sp³-hybridized carbons (Fsp3) is 0.636. The van der Waals surface area contributed by atoms with Crippen molar-refractivity contribution >= 4 is 35.3 Å². The zero-order valence-electron chi connectivity index (χ0n) is 9.36. The second-order valence-corrected chi connectivity index (χ2v) is 5.83. The molecular weight excluding hydrogens is 263 g/mol. The van der Waals surface area contributed by atoms with Crippen LogP contribution in [0.2, 0.25) is 5.02 Å². The Morgan fingerprint density at radius 2 is 2.38 bits per heavy atom. The monoisotopic (exact) mass is 280 g/mol. The molecule has 0 amide bonds. The maximum atomic E-state index is 5.99. The Morgan fingerprint density at radius 3 is 2.94 bits per heavy atom. The molecule has 1 aromatic rings. The Labute approximate surface area is 112 Å². The highest BCUT2D eigenvalue weighted by Gasteiger charge is 2.23. The van der Waals surface area contributed by atoms with E-state index in [1.54, 1.807) is 11.3 Å². The summed E-state index contributed by atoms with van der Waals surface area (Å²) in [5.74, 6) is 0.606. The molecule has 16 heavy (non-hydrogen) atoms. The predicted octanol–water partition coefficient (Wildman–Crippen LogP) is 2.99. The molecule has 5 heteroatoms. The molecule has 92 valence electrons. The Morgan fingerprint density at radius 1 is 1.62 bits per heavy atom. The van der Waals surface area contributed by atoms with E-state index in [2.05, 4.69) is 17.9 Å². The number of rotatable bonds is 2. The summed E-state index contributed by atoms with van der Waals surface area (Å²) in [4.78, 5) is 3.82. The largest absolute Gasteiger partial charge is 0.327 e. The van der Waals surface area contributed by atoms with Gasteiger partial charge in [-0.15, -0.1) is 23.7 Å². The summed E-state index contributed by atoms with van der Waals surface area (Å²) < 4.78 is 0. The van der Waals surface area contributed by atoms with Crippen molar-refractivity contribution in [1.82, 2.24) is 4.90 Å². The zero-order valence-corrected chi connectivity index (χ0v) is 11.7. The third-order valence-electron chi connectivity index (χ3n) is 3.06. The highest BCUT2D eigenvalue weighted by atomic mass is 35.5. The van der Waals surface area contributed by atoms with Gasteiger partial charge >= 0.3 is 0 Å². The van der Waals surface area contributed by atoms with Gasteiger partial charge in [0, 0.05) is 35.9 Å². The summed E-state index contributed by atoms with van der Waals surface area (Å²) in [7, 11) is 0. The lowest BCUT2D eigenvalue weighted by atomic mass is 9.95. The molecule has 1 aliphatic rings. The molecule has 0 saturated carbocycles. The van der Waals surface area contributed by atoms with E-state index in [0.29, 0.717) is 12.0 Å². The van der Waals surface area contributed by atoms with Gasteiger partial charge in [0.15, 0.2) is 0 Å². The van der Waals surface area contributed by atoms with Crippen LogP contribution in [0.3, 0.4) is 0 Å². The zero-order chi connectivity index (χ0) is 10.8. The minimum Gasteiger partial charge on any atom is -0.327 e. The van der Waals surface area contributed by atoms with E-state index in [-0.39, 0.29) is 12.4 Å². The molecule has 2 atom stereocenters. The van der Waals surface area contributed by atoms with Crippen molar-refractivity contribution in [2.45, 2.75) is 25.9 Å². The van der Waals surface area contributed by atoms with Crippen LogP contribution in [0.25, 0.3) is 0 Å². The normalized spacial score (nSPS) is 26.4. The van der Waals surface area contributed by atoms with E-state index in [0.717, 1.165) is 31.1 Å². The van der Waals surface area contributed by atoms with Gasteiger partial charge < -0.3 is 5.73 Å². The van der Waals surface area contributed by atoms with Crippen LogP contribution in [0.5, 0.6) is 0 Å². The van der Waals surface area contributed by atoms with Crippen molar-refractivity contribution in [3.63, 3.8) is 0 Å². The van der Waals surface area contributed by atoms with E-state index in [1.807, 2.05) is 5.38 Å². The molecular formula is C11H18Cl2N2S. The number of hydrogen-bond donors (Lipinski definition) is 1. The highest BCUT2D eigenvalue weighted by molar-refractivity contribution is 7.10. The quantitative estimate of drug-likeness (QED) is 0.903. The molecule has 2 heterocycles. The molecule has 1 saturated heterocycles. The molecule has 1 aromatic heterocycles. The Kier molecular flexibility index (Phi) is 5.54. The highest BCUT2D eigenvalue weighted by Crippen LogP contribution is 2.23. The van der Waals surface area contributed by atoms with Gasteiger partial charge in [0.2, 0.25) is 0 Å². The number of nitrogens with zero attached hydrogens (tertiary/aromatic N) is 1. The number of hydrogen-bond acceptors (Lipinski definition) is 3. The standard InChI is InChI=1S/C11H17ClN2S.ClH/c1-8-5-14(3-2-11(8)13)6-10-4-9(12)7-15-10;/h4,7-8,11H,2-3,5-6,13H2,1H3;1H. The first-order valence-corrected chi connectivity index (χ1v) is 6.62. The smallest absolute Gasteiger partial charge is 0.0516 e. The van der Waals surface area contributed by atoms with Crippen molar-refractivity contribution in [2.75, 3.05) is 13.1 Å². The molecule has 1 fully saturated rings. The number of thiophene rings is 1. The molecule has 0 radical (unpaired) electrons. The second kappa shape index (κ2) is 6.22. The van der Waals surface area contributed by atoms with Crippen LogP contribution in [0.1, 0.15) is 18.2 Å². The summed E-state index contributed by atoms with van der Waals surface area (Å²) >= 11 is 7.64. The fourth-order valence-electron chi connectivity index (χ4n) is 2.05. The van der Waals surface area contributed by atoms with E-state index >= 15 is 0 Å². The SMILES string of the molecule is CC1CN(Cc2cc(Cl)cs2)CCC1N.Cl. The molecule has 0 aliphatic carbocycles. The van der Waals surface area contributed by atoms with Gasteiger partial charge in [-0.25, -0.2) is 0 Å². The van der Waals surface area contributed by atoms with E-state index in [1.165, 1.54) is 4.88 Å². The number of likely N-dealkylation sites (tertiary alicyclic amines) is 1. The van der Waals surface area contributed by atoms with Crippen LogP contribution in [0.4, 0.5) is 0 Å². The number of piperidine rings is 1. The van der Waals surface area contributed by atoms with Gasteiger partial charge in [0.25, 0.3) is 0 Å². The molecule has 0 bridgehead atoms. The van der Waals surface area contributed by atoms with Crippen LogP contribution in [-0.4, -0.2) is 24.0 Å². The van der Waals surface area contributed by atoms with Crippen molar-refractivity contribution in [3.05, 3.63) is 21.3 Å². The first kappa shape index (κ1) is 14.3. The van der Waals surface area contributed by atoms with Gasteiger partial charge in [-0.2, -0.15) is 0 Å². The topological polar surface area (TPSA) is 29.3 Å². The van der Waals surface area contributed by atoms with Crippen molar-refractivity contribution in [2.24, 2.45) is 11.7 Å². The third-order valence-corrected chi connectivity index (χ3v) is 4.33. The van der Waals surface area contributed by atoms with Gasteiger partial charge in [-0.05, 0) is 18.4 Å². The van der Waals surface area contributed by atoms with Gasteiger partial charge in [0.1, 0.15) is 0 Å². The van der Waals surface area contributed by atoms with Crippen molar-refractivity contribution in [1.29, 1.82) is 0 Å². The maximum absolute atomic E-state index is 5.99. The minimum absolute atomic E-state index is 0. The Bertz CT molecular complexity index is 330. The lowest BCUT2D eigenvalue weighted by Crippen LogP contribution is -2.45. The maximum Gasteiger partial charge on any atom is 0.0516 e. The molecule has 1 aliphatic heterocycles. The van der Waals surface area contributed by atoms with E-state index < -0.39 is 0 Å². The van der Waals surface area contributed by atoms with Crippen molar-refractivity contribution < 1.29 is 0 Å². The average molecular weight is 281 g/mol. The third kappa shape index (κ3) is 3.60. The van der Waals surface area contributed by atoms with E-state index in [4.69, 9.17) is 17.3 Å². The van der Waals surface area contributed by atoms with Crippen LogP contribution in [0.15, 0.2) is 11.4 Å². The summed E-state index contributed by atoms with van der Waals surface area (Å²) in [5.41, 5.74) is 5.99. The Balaban J connectivity index is 0.00000128. The number of nitrogens with two attached hydrogens (primary N) is 1. The number of halogens is 2. The van der Waals surface area contributed by atoms with Crippen molar-refractivity contribution in [3.8, 4) is 0 Å². The van der Waals surface area contributed by atoms with Gasteiger partial charge in [-0.1, -0.05) is 18.5 Å². The molecule has 2 unspecified atom stereocenters. The molecule has 2 rings (SSSR count). The summed E-state index contributed by atoms with van der Waals surface area (Å²) in [6.45, 7) is 5.48. The van der Waals surface area contributed by atoms with E-state index in [9.17, 15) is 0 Å². The van der Waals surface area contributed by atoms with Crippen LogP contribution in [-0.2, 0) is 6.54 Å². The fourth-order valence-corrected chi connectivity index (χ4v) is 3.16. The summed E-state index contributed by atoms with van der Waals surface area (Å²) in [5, 5.41) is 2.85.